The SMILES string of the molecule is NC1C2CCC(C2)C1C(=O)NCCCCCN1CCCCC1. The van der Waals surface area contributed by atoms with Gasteiger partial charge in [0.1, 0.15) is 0 Å². The zero-order chi connectivity index (χ0) is 15.4. The van der Waals surface area contributed by atoms with Crippen LogP contribution in [0.4, 0.5) is 0 Å². The van der Waals surface area contributed by atoms with E-state index in [0.29, 0.717) is 11.8 Å². The molecule has 0 radical (unpaired) electrons. The molecule has 3 aliphatic rings. The number of carbonyl (C=O) groups excluding carboxylic acids is 1. The fourth-order valence-corrected chi connectivity index (χ4v) is 4.87. The Kier molecular flexibility index (Phi) is 5.75. The van der Waals surface area contributed by atoms with Crippen molar-refractivity contribution in [3.05, 3.63) is 0 Å². The molecule has 22 heavy (non-hydrogen) atoms. The first-order chi connectivity index (χ1) is 10.8. The number of unbranched alkanes of at least 4 members (excludes halogenated alkanes) is 2. The third kappa shape index (κ3) is 3.83. The Hall–Kier alpha value is -0.610. The molecule has 0 spiro atoms. The van der Waals surface area contributed by atoms with Crippen LogP contribution in [0.25, 0.3) is 0 Å². The van der Waals surface area contributed by atoms with E-state index in [1.165, 1.54) is 71.0 Å². The molecule has 3 N–H and O–H groups in total. The molecule has 3 rings (SSSR count). The Morgan fingerprint density at radius 3 is 2.55 bits per heavy atom. The Balaban J connectivity index is 1.25. The Morgan fingerprint density at radius 1 is 1.05 bits per heavy atom. The molecule has 1 heterocycles. The summed E-state index contributed by atoms with van der Waals surface area (Å²) in [5.41, 5.74) is 6.23. The average Bonchev–Trinajstić information content (AvgIpc) is 3.12. The molecule has 4 nitrogen and oxygen atoms in total. The molecule has 1 aliphatic heterocycles. The maximum absolute atomic E-state index is 12.3. The van der Waals surface area contributed by atoms with Gasteiger partial charge in [-0.25, -0.2) is 0 Å². The van der Waals surface area contributed by atoms with E-state index in [-0.39, 0.29) is 17.9 Å². The van der Waals surface area contributed by atoms with Crippen LogP contribution in [0, 0.1) is 17.8 Å². The van der Waals surface area contributed by atoms with Crippen LogP contribution in [-0.4, -0.2) is 43.0 Å². The molecule has 1 saturated heterocycles. The lowest BCUT2D eigenvalue weighted by Crippen LogP contribution is -2.45. The highest BCUT2D eigenvalue weighted by molar-refractivity contribution is 5.80. The molecule has 1 amide bonds. The summed E-state index contributed by atoms with van der Waals surface area (Å²) < 4.78 is 0. The number of likely N-dealkylation sites (tertiary alicyclic amines) is 1. The van der Waals surface area contributed by atoms with Crippen molar-refractivity contribution >= 4 is 5.91 Å². The van der Waals surface area contributed by atoms with Crippen molar-refractivity contribution in [3.63, 3.8) is 0 Å². The first-order valence-electron chi connectivity index (χ1n) is 9.51. The van der Waals surface area contributed by atoms with Gasteiger partial charge in [0, 0.05) is 12.6 Å². The van der Waals surface area contributed by atoms with Crippen molar-refractivity contribution in [1.29, 1.82) is 0 Å². The van der Waals surface area contributed by atoms with Crippen LogP contribution in [0.1, 0.15) is 57.8 Å². The predicted octanol–water partition coefficient (Wildman–Crippen LogP) is 2.13. The topological polar surface area (TPSA) is 58.4 Å². The monoisotopic (exact) mass is 307 g/mol. The number of nitrogens with two attached hydrogens (primary N) is 1. The van der Waals surface area contributed by atoms with Gasteiger partial charge in [0.15, 0.2) is 0 Å². The molecule has 126 valence electrons. The zero-order valence-electron chi connectivity index (χ0n) is 13.9. The molecule has 2 aliphatic carbocycles. The van der Waals surface area contributed by atoms with E-state index in [2.05, 4.69) is 10.2 Å². The summed E-state index contributed by atoms with van der Waals surface area (Å²) in [5, 5.41) is 3.15. The number of nitrogens with zero attached hydrogens (tertiary/aromatic N) is 1. The standard InChI is InChI=1S/C18H33N3O/c19-17-15-8-7-14(13-15)16(17)18(22)20-9-3-1-4-10-21-11-5-2-6-12-21/h14-17H,1-13,19H2,(H,20,22). The number of amides is 1. The third-order valence-corrected chi connectivity index (χ3v) is 6.18. The van der Waals surface area contributed by atoms with Gasteiger partial charge in [-0.15, -0.1) is 0 Å². The Labute approximate surface area is 135 Å². The zero-order valence-corrected chi connectivity index (χ0v) is 13.9. The van der Waals surface area contributed by atoms with Gasteiger partial charge >= 0.3 is 0 Å². The summed E-state index contributed by atoms with van der Waals surface area (Å²) >= 11 is 0. The average molecular weight is 307 g/mol. The second-order valence-corrected chi connectivity index (χ2v) is 7.69. The number of hydrogen-bond donors (Lipinski definition) is 2. The Morgan fingerprint density at radius 2 is 1.82 bits per heavy atom. The summed E-state index contributed by atoms with van der Waals surface area (Å²) in [7, 11) is 0. The van der Waals surface area contributed by atoms with Crippen molar-refractivity contribution < 1.29 is 4.79 Å². The number of fused-ring (bicyclic) bond motifs is 2. The van der Waals surface area contributed by atoms with Crippen LogP contribution >= 0.6 is 0 Å². The number of nitrogens with one attached hydrogen (secondary N) is 1. The van der Waals surface area contributed by atoms with Crippen LogP contribution < -0.4 is 11.1 Å². The molecule has 4 heteroatoms. The molecule has 2 bridgehead atoms. The van der Waals surface area contributed by atoms with Crippen LogP contribution in [0.5, 0.6) is 0 Å². The van der Waals surface area contributed by atoms with Gasteiger partial charge in [0.05, 0.1) is 5.92 Å². The summed E-state index contributed by atoms with van der Waals surface area (Å²) in [6.07, 6.45) is 11.4. The lowest BCUT2D eigenvalue weighted by atomic mass is 9.84. The van der Waals surface area contributed by atoms with Crippen LogP contribution in [0.2, 0.25) is 0 Å². The maximum Gasteiger partial charge on any atom is 0.224 e. The highest BCUT2D eigenvalue weighted by Crippen LogP contribution is 2.47. The minimum absolute atomic E-state index is 0.104. The molecule has 2 saturated carbocycles. The fraction of sp³-hybridized carbons (Fsp3) is 0.944. The van der Waals surface area contributed by atoms with Gasteiger partial charge in [-0.05, 0) is 76.4 Å². The van der Waals surface area contributed by atoms with E-state index < -0.39 is 0 Å². The highest BCUT2D eigenvalue weighted by Gasteiger charge is 2.48. The maximum atomic E-state index is 12.3. The van der Waals surface area contributed by atoms with Gasteiger partial charge in [0.25, 0.3) is 0 Å². The Bertz CT molecular complexity index is 365. The van der Waals surface area contributed by atoms with E-state index in [1.807, 2.05) is 0 Å². The fourth-order valence-electron chi connectivity index (χ4n) is 4.87. The number of piperidine rings is 1. The van der Waals surface area contributed by atoms with Crippen molar-refractivity contribution in [3.8, 4) is 0 Å². The van der Waals surface area contributed by atoms with E-state index in [1.54, 1.807) is 0 Å². The smallest absolute Gasteiger partial charge is 0.224 e. The third-order valence-electron chi connectivity index (χ3n) is 6.18. The minimum atomic E-state index is 0.104. The van der Waals surface area contributed by atoms with E-state index in [9.17, 15) is 4.79 Å². The van der Waals surface area contributed by atoms with Gasteiger partial charge < -0.3 is 16.0 Å². The molecular weight excluding hydrogens is 274 g/mol. The molecule has 3 fully saturated rings. The molecule has 0 aromatic rings. The minimum Gasteiger partial charge on any atom is -0.356 e. The molecular formula is C18H33N3O. The van der Waals surface area contributed by atoms with E-state index in [4.69, 9.17) is 5.73 Å². The van der Waals surface area contributed by atoms with Crippen molar-refractivity contribution in [2.45, 2.75) is 63.8 Å². The molecule has 0 aromatic carbocycles. The summed E-state index contributed by atoms with van der Waals surface area (Å²) in [6, 6.07) is 0.123. The highest BCUT2D eigenvalue weighted by atomic mass is 16.1. The van der Waals surface area contributed by atoms with Crippen molar-refractivity contribution in [1.82, 2.24) is 10.2 Å². The summed E-state index contributed by atoms with van der Waals surface area (Å²) in [5.74, 6) is 1.52. The van der Waals surface area contributed by atoms with Gasteiger partial charge in [-0.1, -0.05) is 12.8 Å². The number of rotatable bonds is 7. The number of hydrogen-bond acceptors (Lipinski definition) is 3. The second kappa shape index (κ2) is 7.78. The first kappa shape index (κ1) is 16.3. The van der Waals surface area contributed by atoms with E-state index in [0.717, 1.165) is 13.0 Å². The van der Waals surface area contributed by atoms with Gasteiger partial charge in [0.2, 0.25) is 5.91 Å². The second-order valence-electron chi connectivity index (χ2n) is 7.69. The lowest BCUT2D eigenvalue weighted by molar-refractivity contribution is -0.127. The normalized spacial score (nSPS) is 35.0. The van der Waals surface area contributed by atoms with Crippen LogP contribution in [0.15, 0.2) is 0 Å². The predicted molar refractivity (Wildman–Crippen MR) is 89.4 cm³/mol. The van der Waals surface area contributed by atoms with E-state index >= 15 is 0 Å². The van der Waals surface area contributed by atoms with Crippen LogP contribution in [0.3, 0.4) is 0 Å². The van der Waals surface area contributed by atoms with Crippen molar-refractivity contribution in [2.24, 2.45) is 23.5 Å². The van der Waals surface area contributed by atoms with Crippen LogP contribution in [-0.2, 0) is 4.79 Å². The van der Waals surface area contributed by atoms with Gasteiger partial charge in [-0.2, -0.15) is 0 Å². The van der Waals surface area contributed by atoms with Crippen molar-refractivity contribution in [2.75, 3.05) is 26.2 Å². The lowest BCUT2D eigenvalue weighted by Gasteiger charge is -2.27. The molecule has 0 aromatic heterocycles. The first-order valence-corrected chi connectivity index (χ1v) is 9.51. The molecule has 4 unspecified atom stereocenters. The quantitative estimate of drug-likeness (QED) is 0.708. The molecule has 4 atom stereocenters. The summed E-state index contributed by atoms with van der Waals surface area (Å²) in [4.78, 5) is 14.9. The summed E-state index contributed by atoms with van der Waals surface area (Å²) in [6.45, 7) is 4.66. The largest absolute Gasteiger partial charge is 0.356 e. The number of carbonyl (C=O) groups is 1. The van der Waals surface area contributed by atoms with Gasteiger partial charge in [-0.3, -0.25) is 4.79 Å².